The molecule has 1 fully saturated rings. The van der Waals surface area contributed by atoms with Crippen LogP contribution in [0, 0.1) is 0 Å². The molecule has 1 aromatic rings. The Bertz CT molecular complexity index is 466. The summed E-state index contributed by atoms with van der Waals surface area (Å²) in [4.78, 5) is 11.6. The first kappa shape index (κ1) is 12.6. The molecule has 2 bridgehead atoms. The molecular weight excluding hydrogens is 240 g/mol. The maximum absolute atomic E-state index is 11.6. The Morgan fingerprint density at radius 3 is 2.89 bits per heavy atom. The first-order valence-corrected chi connectivity index (χ1v) is 6.82. The van der Waals surface area contributed by atoms with E-state index < -0.39 is 0 Å². The van der Waals surface area contributed by atoms with E-state index in [2.05, 4.69) is 6.08 Å². The van der Waals surface area contributed by atoms with Crippen molar-refractivity contribution in [2.75, 3.05) is 0 Å². The van der Waals surface area contributed by atoms with Gasteiger partial charge in [0.05, 0.1) is 18.8 Å². The second-order valence-electron chi connectivity index (χ2n) is 5.14. The number of rotatable bonds is 3. The van der Waals surface area contributed by atoms with E-state index in [1.54, 1.807) is 0 Å². The Balaban J connectivity index is 1.62. The summed E-state index contributed by atoms with van der Waals surface area (Å²) in [7, 11) is 0. The van der Waals surface area contributed by atoms with E-state index in [0.29, 0.717) is 25.2 Å². The molecule has 2 aliphatic rings. The molecule has 0 aromatic heterocycles. The van der Waals surface area contributed by atoms with Gasteiger partial charge in [-0.05, 0) is 12.0 Å². The number of Topliss-reactive ketones (excluding diaryl/α,β-unsaturated/α-hetero) is 1. The molecule has 3 atom stereocenters. The molecule has 3 nitrogen and oxygen atoms in total. The number of carbonyl (C=O) groups is 1. The fourth-order valence-corrected chi connectivity index (χ4v) is 2.61. The molecule has 0 spiro atoms. The molecule has 3 rings (SSSR count). The molecule has 2 aliphatic heterocycles. The van der Waals surface area contributed by atoms with Crippen LogP contribution < -0.4 is 0 Å². The third-order valence-corrected chi connectivity index (χ3v) is 3.65. The molecule has 0 radical (unpaired) electrons. The van der Waals surface area contributed by atoms with Crippen LogP contribution in [0.3, 0.4) is 0 Å². The van der Waals surface area contributed by atoms with Gasteiger partial charge >= 0.3 is 0 Å². The van der Waals surface area contributed by atoms with E-state index in [0.717, 1.165) is 12.0 Å². The average Bonchev–Trinajstić information content (AvgIpc) is 2.59. The lowest BCUT2D eigenvalue weighted by Crippen LogP contribution is -2.35. The summed E-state index contributed by atoms with van der Waals surface area (Å²) >= 11 is 0. The van der Waals surface area contributed by atoms with Crippen molar-refractivity contribution in [3.05, 3.63) is 48.0 Å². The zero-order valence-corrected chi connectivity index (χ0v) is 10.8. The Labute approximate surface area is 113 Å². The van der Waals surface area contributed by atoms with Crippen LogP contribution in [0.4, 0.5) is 0 Å². The minimum atomic E-state index is -0.0448. The van der Waals surface area contributed by atoms with E-state index in [4.69, 9.17) is 9.47 Å². The van der Waals surface area contributed by atoms with Gasteiger partial charge in [0.1, 0.15) is 11.9 Å². The molecule has 1 aromatic carbocycles. The van der Waals surface area contributed by atoms with Gasteiger partial charge in [0.25, 0.3) is 0 Å². The normalized spacial score (nSPS) is 30.1. The van der Waals surface area contributed by atoms with E-state index in [-0.39, 0.29) is 18.3 Å². The highest BCUT2D eigenvalue weighted by molar-refractivity contribution is 5.79. The molecule has 1 saturated heterocycles. The van der Waals surface area contributed by atoms with E-state index in [1.807, 2.05) is 36.4 Å². The highest BCUT2D eigenvalue weighted by Crippen LogP contribution is 2.26. The molecule has 100 valence electrons. The maximum Gasteiger partial charge on any atom is 0.135 e. The topological polar surface area (TPSA) is 35.5 Å². The van der Waals surface area contributed by atoms with Crippen LogP contribution >= 0.6 is 0 Å². The Morgan fingerprint density at radius 1 is 1.21 bits per heavy atom. The molecule has 0 N–H and O–H groups in total. The van der Waals surface area contributed by atoms with Crippen LogP contribution in [0.5, 0.6) is 0 Å². The lowest BCUT2D eigenvalue weighted by atomic mass is 10.1. The van der Waals surface area contributed by atoms with E-state index in [9.17, 15) is 4.79 Å². The first-order valence-electron chi connectivity index (χ1n) is 6.82. The molecular formula is C16H18O3. The number of carbonyl (C=O) groups excluding carboxylic acids is 1. The first-order chi connectivity index (χ1) is 9.31. The summed E-state index contributed by atoms with van der Waals surface area (Å²) in [6, 6.07) is 10.1. The highest BCUT2D eigenvalue weighted by atomic mass is 16.5. The van der Waals surface area contributed by atoms with E-state index >= 15 is 0 Å². The summed E-state index contributed by atoms with van der Waals surface area (Å²) in [6.07, 6.45) is 5.84. The van der Waals surface area contributed by atoms with Crippen LogP contribution in [0.2, 0.25) is 0 Å². The van der Waals surface area contributed by atoms with Crippen molar-refractivity contribution in [1.82, 2.24) is 0 Å². The summed E-state index contributed by atoms with van der Waals surface area (Å²) < 4.78 is 11.8. The minimum Gasteiger partial charge on any atom is -0.367 e. The van der Waals surface area contributed by atoms with Crippen molar-refractivity contribution in [1.29, 1.82) is 0 Å². The van der Waals surface area contributed by atoms with Crippen molar-refractivity contribution in [2.45, 2.75) is 44.2 Å². The molecule has 19 heavy (non-hydrogen) atoms. The van der Waals surface area contributed by atoms with Crippen LogP contribution in [-0.4, -0.2) is 24.1 Å². The number of fused-ring (bicyclic) bond motifs is 2. The van der Waals surface area contributed by atoms with Crippen LogP contribution in [0.15, 0.2) is 42.5 Å². The second kappa shape index (κ2) is 5.68. The summed E-state index contributed by atoms with van der Waals surface area (Å²) in [5.41, 5.74) is 1.16. The predicted molar refractivity (Wildman–Crippen MR) is 71.7 cm³/mol. The Hall–Kier alpha value is -1.45. The van der Waals surface area contributed by atoms with Gasteiger partial charge in [-0.15, -0.1) is 0 Å². The Kier molecular flexibility index (Phi) is 3.76. The molecule has 0 amide bonds. The molecule has 0 unspecified atom stereocenters. The zero-order valence-electron chi connectivity index (χ0n) is 10.8. The van der Waals surface area contributed by atoms with Crippen LogP contribution in [0.1, 0.15) is 24.8 Å². The Morgan fingerprint density at radius 2 is 2.05 bits per heavy atom. The molecule has 2 heterocycles. The summed E-state index contributed by atoms with van der Waals surface area (Å²) in [6.45, 7) is 0.578. The van der Waals surface area contributed by atoms with Gasteiger partial charge in [-0.2, -0.15) is 0 Å². The molecule has 0 aliphatic carbocycles. The average molecular weight is 258 g/mol. The number of ether oxygens (including phenoxy) is 2. The van der Waals surface area contributed by atoms with Crippen molar-refractivity contribution >= 4 is 5.78 Å². The standard InChI is InChI=1S/C16H18O3/c17-13-6-8-16-15(9-7-14(10-13)19-16)18-11-12-4-2-1-3-5-12/h1-5,7,9,14-16H,6,8,10-11H2/t14-,15-,16-/m1/s1. The SMILES string of the molecule is O=C1CC[C@H]2O[C@H](C=C[C@H]2OCc2ccccc2)C1. The monoisotopic (exact) mass is 258 g/mol. The minimum absolute atomic E-state index is 0.0187. The van der Waals surface area contributed by atoms with E-state index in [1.165, 1.54) is 0 Å². The third kappa shape index (κ3) is 3.11. The lowest BCUT2D eigenvalue weighted by molar-refractivity contribution is -0.120. The fourth-order valence-electron chi connectivity index (χ4n) is 2.61. The van der Waals surface area contributed by atoms with Crippen molar-refractivity contribution in [3.8, 4) is 0 Å². The predicted octanol–water partition coefficient (Wildman–Crippen LogP) is 2.65. The van der Waals surface area contributed by atoms with Gasteiger partial charge in [0.2, 0.25) is 0 Å². The van der Waals surface area contributed by atoms with Gasteiger partial charge in [-0.1, -0.05) is 42.5 Å². The number of benzene rings is 1. The second-order valence-corrected chi connectivity index (χ2v) is 5.14. The van der Waals surface area contributed by atoms with Gasteiger partial charge in [-0.25, -0.2) is 0 Å². The van der Waals surface area contributed by atoms with Crippen molar-refractivity contribution in [3.63, 3.8) is 0 Å². The maximum atomic E-state index is 11.6. The lowest BCUT2D eigenvalue weighted by Gasteiger charge is -2.30. The smallest absolute Gasteiger partial charge is 0.135 e. The molecule has 0 saturated carbocycles. The van der Waals surface area contributed by atoms with Crippen molar-refractivity contribution in [2.24, 2.45) is 0 Å². The number of ketones is 1. The third-order valence-electron chi connectivity index (χ3n) is 3.65. The number of hydrogen-bond donors (Lipinski definition) is 0. The van der Waals surface area contributed by atoms with Gasteiger partial charge in [0.15, 0.2) is 0 Å². The summed E-state index contributed by atoms with van der Waals surface area (Å²) in [5.74, 6) is 0.292. The quantitative estimate of drug-likeness (QED) is 0.782. The zero-order chi connectivity index (χ0) is 13.1. The largest absolute Gasteiger partial charge is 0.367 e. The fraction of sp³-hybridized carbons (Fsp3) is 0.438. The van der Waals surface area contributed by atoms with Gasteiger partial charge < -0.3 is 9.47 Å². The van der Waals surface area contributed by atoms with Crippen LogP contribution in [-0.2, 0) is 20.9 Å². The van der Waals surface area contributed by atoms with Crippen molar-refractivity contribution < 1.29 is 14.3 Å². The molecule has 3 heteroatoms. The summed E-state index contributed by atoms with van der Waals surface area (Å²) in [5, 5.41) is 0. The highest BCUT2D eigenvalue weighted by Gasteiger charge is 2.32. The number of hydrogen-bond acceptors (Lipinski definition) is 3. The van der Waals surface area contributed by atoms with Gasteiger partial charge in [0, 0.05) is 12.8 Å². The van der Waals surface area contributed by atoms with Gasteiger partial charge in [-0.3, -0.25) is 4.79 Å². The van der Waals surface area contributed by atoms with Crippen LogP contribution in [0.25, 0.3) is 0 Å².